The lowest BCUT2D eigenvalue weighted by Gasteiger charge is -2.36. The van der Waals surface area contributed by atoms with Crippen molar-refractivity contribution in [2.24, 2.45) is 0 Å². The average molecular weight is 380 g/mol. The molecule has 3 rings (SSSR count). The standard InChI is InChI=1S/C19H26ClN3O3/c20-17-4-2-1-3-16(17)5-6-18(24)22-7-9-23(10-8-22)19(25)15-21-11-13-26-14-12-21/h1-4H,5-15H2. The van der Waals surface area contributed by atoms with Crippen LogP contribution in [0.25, 0.3) is 0 Å². The first-order valence-electron chi connectivity index (χ1n) is 9.22. The molecule has 2 saturated heterocycles. The Bertz CT molecular complexity index is 626. The van der Waals surface area contributed by atoms with Crippen LogP contribution in [0.1, 0.15) is 12.0 Å². The Morgan fingerprint density at radius 1 is 0.923 bits per heavy atom. The number of morpholine rings is 1. The largest absolute Gasteiger partial charge is 0.379 e. The summed E-state index contributed by atoms with van der Waals surface area (Å²) >= 11 is 6.15. The lowest BCUT2D eigenvalue weighted by atomic mass is 10.1. The molecule has 0 spiro atoms. The van der Waals surface area contributed by atoms with E-state index in [0.717, 1.165) is 18.7 Å². The molecule has 0 atom stereocenters. The highest BCUT2D eigenvalue weighted by molar-refractivity contribution is 6.31. The Labute approximate surface area is 159 Å². The third-order valence-corrected chi connectivity index (χ3v) is 5.38. The van der Waals surface area contributed by atoms with Crippen molar-refractivity contribution in [2.75, 3.05) is 59.0 Å². The maximum Gasteiger partial charge on any atom is 0.236 e. The van der Waals surface area contributed by atoms with Crippen LogP contribution < -0.4 is 0 Å². The van der Waals surface area contributed by atoms with E-state index in [4.69, 9.17) is 16.3 Å². The number of hydrogen-bond donors (Lipinski definition) is 0. The number of carbonyl (C=O) groups excluding carboxylic acids is 2. The number of amides is 2. The topological polar surface area (TPSA) is 53.1 Å². The molecule has 7 heteroatoms. The lowest BCUT2D eigenvalue weighted by Crippen LogP contribution is -2.53. The molecule has 0 aliphatic carbocycles. The molecule has 26 heavy (non-hydrogen) atoms. The number of piperazine rings is 1. The van der Waals surface area contributed by atoms with Crippen LogP contribution in [-0.2, 0) is 20.7 Å². The van der Waals surface area contributed by atoms with Crippen LogP contribution in [0.5, 0.6) is 0 Å². The number of rotatable bonds is 5. The Morgan fingerprint density at radius 3 is 2.19 bits per heavy atom. The van der Waals surface area contributed by atoms with Crippen molar-refractivity contribution in [3.63, 3.8) is 0 Å². The highest BCUT2D eigenvalue weighted by Crippen LogP contribution is 2.17. The summed E-state index contributed by atoms with van der Waals surface area (Å²) in [7, 11) is 0. The van der Waals surface area contributed by atoms with Gasteiger partial charge in [0.05, 0.1) is 19.8 Å². The Balaban J connectivity index is 1.40. The van der Waals surface area contributed by atoms with Crippen molar-refractivity contribution >= 4 is 23.4 Å². The van der Waals surface area contributed by atoms with Crippen LogP contribution in [0.3, 0.4) is 0 Å². The summed E-state index contributed by atoms with van der Waals surface area (Å²) < 4.78 is 5.31. The van der Waals surface area contributed by atoms with Crippen molar-refractivity contribution in [2.45, 2.75) is 12.8 Å². The van der Waals surface area contributed by atoms with Gasteiger partial charge in [-0.15, -0.1) is 0 Å². The smallest absolute Gasteiger partial charge is 0.236 e. The van der Waals surface area contributed by atoms with Gasteiger partial charge >= 0.3 is 0 Å². The predicted molar refractivity (Wildman–Crippen MR) is 100 cm³/mol. The van der Waals surface area contributed by atoms with Gasteiger partial charge in [0.25, 0.3) is 0 Å². The molecule has 0 aromatic heterocycles. The van der Waals surface area contributed by atoms with Gasteiger partial charge in [-0.1, -0.05) is 29.8 Å². The zero-order chi connectivity index (χ0) is 18.4. The Morgan fingerprint density at radius 2 is 1.54 bits per heavy atom. The van der Waals surface area contributed by atoms with Crippen molar-refractivity contribution in [1.82, 2.24) is 14.7 Å². The maximum absolute atomic E-state index is 12.4. The van der Waals surface area contributed by atoms with Crippen LogP contribution >= 0.6 is 11.6 Å². The molecule has 0 saturated carbocycles. The van der Waals surface area contributed by atoms with E-state index in [-0.39, 0.29) is 11.8 Å². The van der Waals surface area contributed by atoms with Gasteiger partial charge in [0.2, 0.25) is 11.8 Å². The number of carbonyl (C=O) groups is 2. The molecule has 2 fully saturated rings. The second-order valence-corrected chi connectivity index (χ2v) is 7.15. The van der Waals surface area contributed by atoms with Gasteiger partial charge in [0.1, 0.15) is 0 Å². The highest BCUT2D eigenvalue weighted by Gasteiger charge is 2.25. The van der Waals surface area contributed by atoms with E-state index in [1.807, 2.05) is 34.1 Å². The number of ether oxygens (including phenoxy) is 1. The molecular weight excluding hydrogens is 354 g/mol. The van der Waals surface area contributed by atoms with Gasteiger partial charge in [0.15, 0.2) is 0 Å². The van der Waals surface area contributed by atoms with Crippen molar-refractivity contribution in [3.8, 4) is 0 Å². The normalized spacial score (nSPS) is 18.8. The van der Waals surface area contributed by atoms with Gasteiger partial charge in [-0.05, 0) is 18.1 Å². The number of hydrogen-bond acceptors (Lipinski definition) is 4. The van der Waals surface area contributed by atoms with E-state index in [1.54, 1.807) is 0 Å². The van der Waals surface area contributed by atoms with E-state index in [1.165, 1.54) is 0 Å². The fourth-order valence-corrected chi connectivity index (χ4v) is 3.59. The van der Waals surface area contributed by atoms with E-state index in [0.29, 0.717) is 63.8 Å². The Kier molecular flexibility index (Phi) is 6.88. The van der Waals surface area contributed by atoms with E-state index < -0.39 is 0 Å². The number of benzene rings is 1. The number of aryl methyl sites for hydroxylation is 1. The molecule has 142 valence electrons. The SMILES string of the molecule is O=C(CCc1ccccc1Cl)N1CCN(C(=O)CN2CCOCC2)CC1. The first kappa shape index (κ1) is 19.1. The summed E-state index contributed by atoms with van der Waals surface area (Å²) in [6.07, 6.45) is 1.10. The summed E-state index contributed by atoms with van der Waals surface area (Å²) in [6.45, 7) is 5.90. The molecule has 0 N–H and O–H groups in total. The number of halogens is 1. The predicted octanol–water partition coefficient (Wildman–Crippen LogP) is 1.28. The van der Waals surface area contributed by atoms with Gasteiger partial charge in [-0.3, -0.25) is 14.5 Å². The van der Waals surface area contributed by atoms with Crippen LogP contribution in [0.4, 0.5) is 0 Å². The molecular formula is C19H26ClN3O3. The van der Waals surface area contributed by atoms with Crippen molar-refractivity contribution in [3.05, 3.63) is 34.9 Å². The summed E-state index contributed by atoms with van der Waals surface area (Å²) in [4.78, 5) is 30.7. The third kappa shape index (κ3) is 5.19. The first-order chi connectivity index (χ1) is 12.6. The summed E-state index contributed by atoms with van der Waals surface area (Å²) in [6, 6.07) is 7.63. The molecule has 0 unspecified atom stereocenters. The number of nitrogens with zero attached hydrogens (tertiary/aromatic N) is 3. The molecule has 6 nitrogen and oxygen atoms in total. The van der Waals surface area contributed by atoms with E-state index in [2.05, 4.69) is 4.90 Å². The average Bonchev–Trinajstić information content (AvgIpc) is 2.68. The van der Waals surface area contributed by atoms with Crippen LogP contribution in [0.2, 0.25) is 5.02 Å². The zero-order valence-electron chi connectivity index (χ0n) is 15.0. The summed E-state index contributed by atoms with van der Waals surface area (Å²) in [5.74, 6) is 0.278. The second kappa shape index (κ2) is 9.35. The first-order valence-corrected chi connectivity index (χ1v) is 9.60. The van der Waals surface area contributed by atoms with Crippen molar-refractivity contribution in [1.29, 1.82) is 0 Å². The molecule has 2 aliphatic heterocycles. The fourth-order valence-electron chi connectivity index (χ4n) is 3.36. The van der Waals surface area contributed by atoms with Gasteiger partial charge in [-0.25, -0.2) is 0 Å². The molecule has 2 heterocycles. The Hall–Kier alpha value is -1.63. The molecule has 0 bridgehead atoms. The zero-order valence-corrected chi connectivity index (χ0v) is 15.8. The summed E-state index contributed by atoms with van der Waals surface area (Å²) in [5, 5.41) is 0.707. The van der Waals surface area contributed by atoms with Crippen LogP contribution in [0, 0.1) is 0 Å². The summed E-state index contributed by atoms with van der Waals surface area (Å²) in [5.41, 5.74) is 1.00. The van der Waals surface area contributed by atoms with Crippen LogP contribution in [0.15, 0.2) is 24.3 Å². The monoisotopic (exact) mass is 379 g/mol. The molecule has 1 aromatic carbocycles. The van der Waals surface area contributed by atoms with Crippen LogP contribution in [-0.4, -0.2) is 85.5 Å². The maximum atomic E-state index is 12.4. The van der Waals surface area contributed by atoms with Gasteiger partial charge in [0, 0.05) is 50.7 Å². The second-order valence-electron chi connectivity index (χ2n) is 6.74. The minimum atomic E-state index is 0.130. The molecule has 0 radical (unpaired) electrons. The van der Waals surface area contributed by atoms with Gasteiger partial charge < -0.3 is 14.5 Å². The third-order valence-electron chi connectivity index (χ3n) is 5.01. The van der Waals surface area contributed by atoms with E-state index >= 15 is 0 Å². The fraction of sp³-hybridized carbons (Fsp3) is 0.579. The minimum absolute atomic E-state index is 0.130. The lowest BCUT2D eigenvalue weighted by molar-refractivity contribution is -0.140. The van der Waals surface area contributed by atoms with E-state index in [9.17, 15) is 9.59 Å². The quantitative estimate of drug-likeness (QED) is 0.773. The minimum Gasteiger partial charge on any atom is -0.379 e. The molecule has 1 aromatic rings. The molecule has 2 amide bonds. The molecule has 2 aliphatic rings. The highest BCUT2D eigenvalue weighted by atomic mass is 35.5. The van der Waals surface area contributed by atoms with Gasteiger partial charge in [-0.2, -0.15) is 0 Å². The van der Waals surface area contributed by atoms with Crippen molar-refractivity contribution < 1.29 is 14.3 Å².